The van der Waals surface area contributed by atoms with Gasteiger partial charge in [0.15, 0.2) is 0 Å². The van der Waals surface area contributed by atoms with E-state index in [1.54, 1.807) is 22.7 Å². The van der Waals surface area contributed by atoms with E-state index in [1.807, 2.05) is 11.7 Å². The standard InChI is InChI=1S/C12H17N3S2/c1-4-14-10(11-6-13-7-16-11)5-12-15-8(2)9(3)17-12/h6-7,10,14H,4-5H2,1-3H3. The van der Waals surface area contributed by atoms with Crippen molar-refractivity contribution in [3.8, 4) is 0 Å². The molecule has 0 saturated heterocycles. The normalized spacial score (nSPS) is 12.9. The molecule has 0 fully saturated rings. The van der Waals surface area contributed by atoms with Crippen LogP contribution in [0.25, 0.3) is 0 Å². The fraction of sp³-hybridized carbons (Fsp3) is 0.500. The average Bonchev–Trinajstić information content (AvgIpc) is 2.89. The lowest BCUT2D eigenvalue weighted by atomic mass is 10.2. The van der Waals surface area contributed by atoms with Gasteiger partial charge in [-0.3, -0.25) is 4.98 Å². The van der Waals surface area contributed by atoms with Gasteiger partial charge in [-0.1, -0.05) is 6.92 Å². The minimum atomic E-state index is 0.345. The van der Waals surface area contributed by atoms with Crippen LogP contribution in [0, 0.1) is 13.8 Å². The highest BCUT2D eigenvalue weighted by Crippen LogP contribution is 2.25. The number of likely N-dealkylation sites (N-methyl/N-ethyl adjacent to an activating group) is 1. The third kappa shape index (κ3) is 3.12. The van der Waals surface area contributed by atoms with E-state index in [4.69, 9.17) is 0 Å². The molecule has 0 aliphatic carbocycles. The molecule has 17 heavy (non-hydrogen) atoms. The Kier molecular flexibility index (Phi) is 4.25. The smallest absolute Gasteiger partial charge is 0.0950 e. The fourth-order valence-electron chi connectivity index (χ4n) is 1.72. The molecule has 1 atom stereocenters. The summed E-state index contributed by atoms with van der Waals surface area (Å²) in [6, 6.07) is 0.345. The molecule has 0 spiro atoms. The molecule has 0 aromatic carbocycles. The number of hydrogen-bond donors (Lipinski definition) is 1. The highest BCUT2D eigenvalue weighted by atomic mass is 32.1. The summed E-state index contributed by atoms with van der Waals surface area (Å²) in [6.45, 7) is 7.30. The highest BCUT2D eigenvalue weighted by molar-refractivity contribution is 7.11. The van der Waals surface area contributed by atoms with Crippen LogP contribution in [0.5, 0.6) is 0 Å². The molecule has 2 aromatic rings. The van der Waals surface area contributed by atoms with Crippen molar-refractivity contribution >= 4 is 22.7 Å². The van der Waals surface area contributed by atoms with E-state index in [9.17, 15) is 0 Å². The zero-order valence-electron chi connectivity index (χ0n) is 10.4. The summed E-state index contributed by atoms with van der Waals surface area (Å²) in [5.74, 6) is 0. The second-order valence-corrected chi connectivity index (χ2v) is 6.17. The first kappa shape index (κ1) is 12.7. The highest BCUT2D eigenvalue weighted by Gasteiger charge is 2.15. The van der Waals surface area contributed by atoms with Crippen LogP contribution in [0.1, 0.15) is 33.4 Å². The zero-order valence-corrected chi connectivity index (χ0v) is 12.0. The van der Waals surface area contributed by atoms with Gasteiger partial charge in [0.25, 0.3) is 0 Å². The first-order valence-electron chi connectivity index (χ1n) is 5.75. The first-order valence-corrected chi connectivity index (χ1v) is 7.45. The molecule has 3 nitrogen and oxygen atoms in total. The Balaban J connectivity index is 2.13. The largest absolute Gasteiger partial charge is 0.309 e. The number of rotatable bonds is 5. The fourth-order valence-corrected chi connectivity index (χ4v) is 3.39. The van der Waals surface area contributed by atoms with Crippen molar-refractivity contribution in [2.45, 2.75) is 33.2 Å². The molecule has 2 rings (SSSR count). The molecule has 0 amide bonds. The predicted octanol–water partition coefficient (Wildman–Crippen LogP) is 3.11. The summed E-state index contributed by atoms with van der Waals surface area (Å²) in [7, 11) is 0. The second-order valence-electron chi connectivity index (χ2n) is 3.97. The van der Waals surface area contributed by atoms with Crippen molar-refractivity contribution in [1.82, 2.24) is 15.3 Å². The van der Waals surface area contributed by atoms with Crippen LogP contribution in [0.2, 0.25) is 0 Å². The molecular formula is C12H17N3S2. The maximum Gasteiger partial charge on any atom is 0.0950 e. The Bertz CT molecular complexity index is 443. The molecular weight excluding hydrogens is 250 g/mol. The van der Waals surface area contributed by atoms with Crippen LogP contribution >= 0.6 is 22.7 Å². The molecule has 0 aliphatic heterocycles. The van der Waals surface area contributed by atoms with Gasteiger partial charge in [-0.25, -0.2) is 4.98 Å². The average molecular weight is 267 g/mol. The molecule has 5 heteroatoms. The van der Waals surface area contributed by atoms with Crippen molar-refractivity contribution in [2.24, 2.45) is 0 Å². The summed E-state index contributed by atoms with van der Waals surface area (Å²) < 4.78 is 0. The Morgan fingerprint density at radius 1 is 1.41 bits per heavy atom. The molecule has 2 heterocycles. The lowest BCUT2D eigenvalue weighted by molar-refractivity contribution is 0.556. The summed E-state index contributed by atoms with van der Waals surface area (Å²) in [5.41, 5.74) is 3.04. The predicted molar refractivity (Wildman–Crippen MR) is 73.8 cm³/mol. The van der Waals surface area contributed by atoms with E-state index >= 15 is 0 Å². The molecule has 1 N–H and O–H groups in total. The van der Waals surface area contributed by atoms with Gasteiger partial charge in [-0.2, -0.15) is 0 Å². The summed E-state index contributed by atoms with van der Waals surface area (Å²) >= 11 is 3.50. The Morgan fingerprint density at radius 3 is 2.76 bits per heavy atom. The molecule has 2 aromatic heterocycles. The van der Waals surface area contributed by atoms with Crippen molar-refractivity contribution in [3.63, 3.8) is 0 Å². The molecule has 0 radical (unpaired) electrons. The third-order valence-electron chi connectivity index (χ3n) is 2.70. The Labute approximate surface area is 110 Å². The molecule has 92 valence electrons. The van der Waals surface area contributed by atoms with E-state index in [1.165, 1.54) is 14.8 Å². The lowest BCUT2D eigenvalue weighted by Crippen LogP contribution is -2.22. The van der Waals surface area contributed by atoms with Gasteiger partial charge < -0.3 is 5.32 Å². The molecule has 1 unspecified atom stereocenters. The van der Waals surface area contributed by atoms with Crippen molar-refractivity contribution in [3.05, 3.63) is 32.2 Å². The van der Waals surface area contributed by atoms with E-state index in [0.29, 0.717) is 6.04 Å². The monoisotopic (exact) mass is 267 g/mol. The minimum absolute atomic E-state index is 0.345. The van der Waals surface area contributed by atoms with Crippen LogP contribution in [-0.2, 0) is 6.42 Å². The molecule has 0 bridgehead atoms. The number of aryl methyl sites for hydroxylation is 2. The third-order valence-corrected chi connectivity index (χ3v) is 4.68. The molecule has 0 aliphatic rings. The van der Waals surface area contributed by atoms with Crippen molar-refractivity contribution in [1.29, 1.82) is 0 Å². The van der Waals surface area contributed by atoms with E-state index in [0.717, 1.165) is 18.7 Å². The number of hydrogen-bond acceptors (Lipinski definition) is 5. The van der Waals surface area contributed by atoms with Crippen LogP contribution in [-0.4, -0.2) is 16.5 Å². The van der Waals surface area contributed by atoms with Gasteiger partial charge in [0.1, 0.15) is 0 Å². The van der Waals surface area contributed by atoms with Gasteiger partial charge in [0.05, 0.1) is 16.2 Å². The number of nitrogens with one attached hydrogen (secondary N) is 1. The van der Waals surface area contributed by atoms with Gasteiger partial charge in [0.2, 0.25) is 0 Å². The van der Waals surface area contributed by atoms with E-state index in [-0.39, 0.29) is 0 Å². The van der Waals surface area contributed by atoms with Gasteiger partial charge >= 0.3 is 0 Å². The molecule has 0 saturated carbocycles. The van der Waals surface area contributed by atoms with Crippen molar-refractivity contribution in [2.75, 3.05) is 6.54 Å². The lowest BCUT2D eigenvalue weighted by Gasteiger charge is -2.14. The van der Waals surface area contributed by atoms with Crippen LogP contribution in [0.3, 0.4) is 0 Å². The topological polar surface area (TPSA) is 37.8 Å². The second kappa shape index (κ2) is 5.71. The minimum Gasteiger partial charge on any atom is -0.309 e. The first-order chi connectivity index (χ1) is 8.20. The maximum atomic E-state index is 4.60. The van der Waals surface area contributed by atoms with Crippen LogP contribution in [0.4, 0.5) is 0 Å². The van der Waals surface area contributed by atoms with Crippen LogP contribution in [0.15, 0.2) is 11.7 Å². The van der Waals surface area contributed by atoms with E-state index in [2.05, 4.69) is 36.1 Å². The van der Waals surface area contributed by atoms with Crippen LogP contribution < -0.4 is 5.32 Å². The van der Waals surface area contributed by atoms with Gasteiger partial charge in [-0.15, -0.1) is 22.7 Å². The number of aromatic nitrogens is 2. The zero-order chi connectivity index (χ0) is 12.3. The Morgan fingerprint density at radius 2 is 2.24 bits per heavy atom. The number of thiazole rings is 2. The summed E-state index contributed by atoms with van der Waals surface area (Å²) in [4.78, 5) is 11.4. The maximum absolute atomic E-state index is 4.60. The van der Waals surface area contributed by atoms with Gasteiger partial charge in [-0.05, 0) is 20.4 Å². The summed E-state index contributed by atoms with van der Waals surface area (Å²) in [6.07, 6.45) is 2.90. The van der Waals surface area contributed by atoms with Gasteiger partial charge in [0, 0.05) is 28.4 Å². The quantitative estimate of drug-likeness (QED) is 0.904. The Hall–Kier alpha value is -0.780. The summed E-state index contributed by atoms with van der Waals surface area (Å²) in [5, 5.41) is 4.71. The number of nitrogens with zero attached hydrogens (tertiary/aromatic N) is 2. The van der Waals surface area contributed by atoms with E-state index < -0.39 is 0 Å². The SMILES string of the molecule is CCNC(Cc1nc(C)c(C)s1)c1cncs1. The van der Waals surface area contributed by atoms with Crippen molar-refractivity contribution < 1.29 is 0 Å².